The predicted molar refractivity (Wildman–Crippen MR) is 114 cm³/mol. The molecule has 1 heterocycles. The molecule has 2 N–H and O–H groups in total. The van der Waals surface area contributed by atoms with Crippen LogP contribution in [0.4, 0.5) is 10.1 Å². The summed E-state index contributed by atoms with van der Waals surface area (Å²) in [5, 5.41) is 3.61. The second kappa shape index (κ2) is 7.62. The number of nitrogens with zero attached hydrogens (tertiary/aromatic N) is 1. The first-order valence-corrected chi connectivity index (χ1v) is 9.33. The Labute approximate surface area is 174 Å². The van der Waals surface area contributed by atoms with Gasteiger partial charge in [0, 0.05) is 16.3 Å². The van der Waals surface area contributed by atoms with Gasteiger partial charge in [0.1, 0.15) is 5.82 Å². The number of hydrogen-bond donors (Lipinski definition) is 2. The van der Waals surface area contributed by atoms with Gasteiger partial charge in [-0.05, 0) is 72.9 Å². The number of aromatic nitrogens is 2. The Hall–Kier alpha value is -3.29. The zero-order valence-corrected chi connectivity index (χ0v) is 16.4. The topological polar surface area (TPSA) is 66.9 Å². The van der Waals surface area contributed by atoms with Gasteiger partial charge in [-0.1, -0.05) is 17.7 Å². The fourth-order valence-corrected chi connectivity index (χ4v) is 3.44. The van der Waals surface area contributed by atoms with Crippen LogP contribution < -0.4 is 10.9 Å². The largest absolute Gasteiger partial charge is 0.331 e. The summed E-state index contributed by atoms with van der Waals surface area (Å²) in [5.74, 6) is -0.760. The Morgan fingerprint density at radius 2 is 1.83 bits per heavy atom. The molecule has 8 heteroatoms. The molecule has 1 amide bonds. The monoisotopic (exact) mass is 425 g/mol. The second-order valence-corrected chi connectivity index (χ2v) is 7.10. The number of H-pyrrole nitrogens is 1. The van der Waals surface area contributed by atoms with Crippen LogP contribution in [0.15, 0.2) is 71.5 Å². The first kappa shape index (κ1) is 19.0. The average Bonchev–Trinajstić information content (AvgIpc) is 2.69. The van der Waals surface area contributed by atoms with Gasteiger partial charge in [0.05, 0.1) is 16.6 Å². The number of fused-ring (bicyclic) bond motifs is 1. The molecule has 29 heavy (non-hydrogen) atoms. The lowest BCUT2D eigenvalue weighted by atomic mass is 10.1. The van der Waals surface area contributed by atoms with Crippen molar-refractivity contribution in [2.75, 3.05) is 5.32 Å². The quantitative estimate of drug-likeness (QED) is 0.449. The maximum Gasteiger partial charge on any atom is 0.266 e. The molecule has 0 radical (unpaired) electrons. The number of rotatable bonds is 3. The van der Waals surface area contributed by atoms with E-state index in [1.807, 2.05) is 0 Å². The lowest BCUT2D eigenvalue weighted by Gasteiger charge is -2.10. The van der Waals surface area contributed by atoms with E-state index in [-0.39, 0.29) is 16.2 Å². The van der Waals surface area contributed by atoms with Crippen LogP contribution in [0.25, 0.3) is 16.6 Å². The molecule has 1 aromatic heterocycles. The standard InChI is InChI=1S/C21H13ClFN3O2S/c22-13-2-1-3-15(11-13)24-19(27)12-4-9-17-18(10-12)25-21(29)26(20(17)28)16-7-5-14(23)6-8-16/h1-11H,(H,24,27)(H,25,29). The van der Waals surface area contributed by atoms with Crippen LogP contribution in [-0.4, -0.2) is 15.5 Å². The Bertz CT molecular complexity index is 1360. The Morgan fingerprint density at radius 3 is 2.55 bits per heavy atom. The third-order valence-electron chi connectivity index (χ3n) is 4.33. The first-order chi connectivity index (χ1) is 13.9. The van der Waals surface area contributed by atoms with Gasteiger partial charge in [0.15, 0.2) is 4.77 Å². The first-order valence-electron chi connectivity index (χ1n) is 8.54. The number of carbonyl (C=O) groups is 1. The molecule has 144 valence electrons. The van der Waals surface area contributed by atoms with Crippen molar-refractivity contribution in [2.24, 2.45) is 0 Å². The van der Waals surface area contributed by atoms with Crippen LogP contribution >= 0.6 is 23.8 Å². The highest BCUT2D eigenvalue weighted by Gasteiger charge is 2.12. The van der Waals surface area contributed by atoms with Gasteiger partial charge in [0.25, 0.3) is 11.5 Å². The van der Waals surface area contributed by atoms with Gasteiger partial charge in [0.2, 0.25) is 0 Å². The summed E-state index contributed by atoms with van der Waals surface area (Å²) in [7, 11) is 0. The van der Waals surface area contributed by atoms with Crippen molar-refractivity contribution in [3.05, 3.63) is 98.3 Å². The SMILES string of the molecule is O=C(Nc1cccc(Cl)c1)c1ccc2c(=O)n(-c3ccc(F)cc3)c(=S)[nH]c2c1. The summed E-state index contributed by atoms with van der Waals surface area (Å²) < 4.78 is 14.6. The molecule has 4 aromatic rings. The van der Waals surface area contributed by atoms with Crippen LogP contribution in [0.5, 0.6) is 0 Å². The molecular weight excluding hydrogens is 413 g/mol. The van der Waals surface area contributed by atoms with Crippen molar-refractivity contribution in [3.63, 3.8) is 0 Å². The van der Waals surface area contributed by atoms with E-state index in [4.69, 9.17) is 23.8 Å². The molecule has 0 fully saturated rings. The predicted octanol–water partition coefficient (Wildman–Crippen LogP) is 5.09. The van der Waals surface area contributed by atoms with E-state index in [0.717, 1.165) is 0 Å². The molecule has 0 atom stereocenters. The van der Waals surface area contributed by atoms with Crippen LogP contribution in [0.3, 0.4) is 0 Å². The summed E-state index contributed by atoms with van der Waals surface area (Å²) in [6.07, 6.45) is 0. The van der Waals surface area contributed by atoms with Crippen molar-refractivity contribution >= 4 is 46.3 Å². The zero-order valence-electron chi connectivity index (χ0n) is 14.8. The molecular formula is C21H13ClFN3O2S. The molecule has 0 aliphatic carbocycles. The maximum atomic E-state index is 13.2. The molecule has 3 aromatic carbocycles. The van der Waals surface area contributed by atoms with Gasteiger partial charge in [-0.2, -0.15) is 0 Å². The highest BCUT2D eigenvalue weighted by atomic mass is 35.5. The van der Waals surface area contributed by atoms with Crippen molar-refractivity contribution in [1.29, 1.82) is 0 Å². The van der Waals surface area contributed by atoms with Crippen molar-refractivity contribution in [1.82, 2.24) is 9.55 Å². The number of nitrogens with one attached hydrogen (secondary N) is 2. The molecule has 5 nitrogen and oxygen atoms in total. The minimum Gasteiger partial charge on any atom is -0.331 e. The third kappa shape index (κ3) is 3.83. The summed E-state index contributed by atoms with van der Waals surface area (Å²) in [5.41, 5.74) is 1.42. The van der Waals surface area contributed by atoms with Crippen molar-refractivity contribution in [3.8, 4) is 5.69 Å². The number of aromatic amines is 1. The molecule has 0 bridgehead atoms. The van der Waals surface area contributed by atoms with E-state index in [2.05, 4.69) is 10.3 Å². The molecule has 0 unspecified atom stereocenters. The van der Waals surface area contributed by atoms with Gasteiger partial charge < -0.3 is 10.3 Å². The van der Waals surface area contributed by atoms with Gasteiger partial charge in [-0.15, -0.1) is 0 Å². The molecule has 0 saturated carbocycles. The lowest BCUT2D eigenvalue weighted by Crippen LogP contribution is -2.21. The number of amides is 1. The number of anilines is 1. The summed E-state index contributed by atoms with van der Waals surface area (Å²) >= 11 is 11.2. The van der Waals surface area contributed by atoms with Crippen LogP contribution in [0.1, 0.15) is 10.4 Å². The van der Waals surface area contributed by atoms with E-state index in [1.165, 1.54) is 28.8 Å². The Kier molecular flexibility index (Phi) is 5.00. The minimum absolute atomic E-state index is 0.140. The molecule has 0 aliphatic heterocycles. The van der Waals surface area contributed by atoms with Gasteiger partial charge >= 0.3 is 0 Å². The highest BCUT2D eigenvalue weighted by molar-refractivity contribution is 7.71. The second-order valence-electron chi connectivity index (χ2n) is 6.27. The molecule has 0 saturated heterocycles. The third-order valence-corrected chi connectivity index (χ3v) is 4.85. The molecule has 0 spiro atoms. The smallest absolute Gasteiger partial charge is 0.266 e. The van der Waals surface area contributed by atoms with Crippen molar-refractivity contribution < 1.29 is 9.18 Å². The van der Waals surface area contributed by atoms with E-state index in [0.29, 0.717) is 32.9 Å². The average molecular weight is 426 g/mol. The number of halogens is 2. The van der Waals surface area contributed by atoms with E-state index in [9.17, 15) is 14.0 Å². The maximum absolute atomic E-state index is 13.2. The van der Waals surface area contributed by atoms with Gasteiger partial charge in [-0.3, -0.25) is 14.2 Å². The Balaban J connectivity index is 1.74. The molecule has 4 rings (SSSR count). The van der Waals surface area contributed by atoms with E-state index >= 15 is 0 Å². The van der Waals surface area contributed by atoms with Crippen molar-refractivity contribution in [2.45, 2.75) is 0 Å². The summed E-state index contributed by atoms with van der Waals surface area (Å²) in [4.78, 5) is 28.4. The number of benzene rings is 3. The highest BCUT2D eigenvalue weighted by Crippen LogP contribution is 2.18. The van der Waals surface area contributed by atoms with E-state index < -0.39 is 5.82 Å². The fraction of sp³-hybridized carbons (Fsp3) is 0. The minimum atomic E-state index is -0.409. The number of hydrogen-bond acceptors (Lipinski definition) is 3. The summed E-state index contributed by atoms with van der Waals surface area (Å²) in [6.45, 7) is 0. The lowest BCUT2D eigenvalue weighted by molar-refractivity contribution is 0.102. The van der Waals surface area contributed by atoms with Crippen LogP contribution in [0, 0.1) is 10.6 Å². The van der Waals surface area contributed by atoms with E-state index in [1.54, 1.807) is 42.5 Å². The normalized spacial score (nSPS) is 10.8. The van der Waals surface area contributed by atoms with Gasteiger partial charge in [-0.25, -0.2) is 4.39 Å². The number of carbonyl (C=O) groups excluding carboxylic acids is 1. The molecule has 0 aliphatic rings. The zero-order chi connectivity index (χ0) is 20.5. The Morgan fingerprint density at radius 1 is 1.07 bits per heavy atom. The van der Waals surface area contributed by atoms with Crippen LogP contribution in [0.2, 0.25) is 5.02 Å². The fourth-order valence-electron chi connectivity index (χ4n) is 2.95. The van der Waals surface area contributed by atoms with Crippen LogP contribution in [-0.2, 0) is 0 Å². The summed E-state index contributed by atoms with van der Waals surface area (Å²) in [6, 6.07) is 16.9.